The predicted molar refractivity (Wildman–Crippen MR) is 59.9 cm³/mol. The quantitative estimate of drug-likeness (QED) is 0.741. The molecular weight excluding hydrogens is 224 g/mol. The average molecular weight is 243 g/mol. The molecule has 0 aliphatic heterocycles. The lowest BCUT2D eigenvalue weighted by atomic mass is 9.79. The lowest BCUT2D eigenvalue weighted by Gasteiger charge is -2.32. The summed E-state index contributed by atoms with van der Waals surface area (Å²) in [6.45, 7) is 4.01. The molecule has 1 radical (unpaired) electrons. The zero-order valence-electron chi connectivity index (χ0n) is 10.3. The van der Waals surface area contributed by atoms with E-state index in [0.29, 0.717) is 19.4 Å². The fraction of sp³-hybridized carbons (Fsp3) is 0.750. The molecule has 0 aromatic rings. The number of carbonyl (C=O) groups excluding carboxylic acids is 2. The predicted octanol–water partition coefficient (Wildman–Crippen LogP) is 0.848. The number of hydrogen-bond donors (Lipinski definition) is 1. The molecule has 0 amide bonds. The van der Waals surface area contributed by atoms with Crippen molar-refractivity contribution in [3.05, 3.63) is 6.42 Å². The minimum absolute atomic E-state index is 0.204. The largest absolute Gasteiger partial charge is 0.466 e. The van der Waals surface area contributed by atoms with E-state index in [1.54, 1.807) is 13.8 Å². The molecular formula is C12H19O5. The van der Waals surface area contributed by atoms with Crippen LogP contribution in [0.15, 0.2) is 0 Å². The molecule has 1 aliphatic carbocycles. The lowest BCUT2D eigenvalue weighted by Crippen LogP contribution is -2.45. The molecule has 0 aromatic carbocycles. The topological polar surface area (TPSA) is 72.8 Å². The number of rotatable bonds is 4. The highest BCUT2D eigenvalue weighted by molar-refractivity contribution is 5.82. The second-order valence-corrected chi connectivity index (χ2v) is 4.07. The van der Waals surface area contributed by atoms with E-state index in [-0.39, 0.29) is 24.9 Å². The highest BCUT2D eigenvalue weighted by Gasteiger charge is 2.43. The molecule has 0 aromatic heterocycles. The minimum atomic E-state index is -1.54. The van der Waals surface area contributed by atoms with Crippen LogP contribution in [0.1, 0.15) is 33.1 Å². The fourth-order valence-corrected chi connectivity index (χ4v) is 1.87. The normalized spacial score (nSPS) is 28.5. The third-order valence-corrected chi connectivity index (χ3v) is 2.86. The van der Waals surface area contributed by atoms with Crippen LogP contribution >= 0.6 is 0 Å². The van der Waals surface area contributed by atoms with Gasteiger partial charge in [0.2, 0.25) is 0 Å². The first-order valence-corrected chi connectivity index (χ1v) is 5.94. The number of hydrogen-bond acceptors (Lipinski definition) is 5. The van der Waals surface area contributed by atoms with Crippen molar-refractivity contribution in [1.29, 1.82) is 0 Å². The van der Waals surface area contributed by atoms with Gasteiger partial charge in [0.15, 0.2) is 5.60 Å². The standard InChI is InChI=1S/C12H19O5/c1-3-16-10(13)9-5-7-12(15,8-6-9)11(14)17-4-2/h7,9,15H,3-6,8H2,1-2H3. The highest BCUT2D eigenvalue weighted by Crippen LogP contribution is 2.32. The number of esters is 2. The van der Waals surface area contributed by atoms with Crippen LogP contribution in [0.4, 0.5) is 0 Å². The van der Waals surface area contributed by atoms with Crippen LogP contribution in [0.5, 0.6) is 0 Å². The number of carbonyl (C=O) groups is 2. The molecule has 1 fully saturated rings. The van der Waals surface area contributed by atoms with Crippen molar-refractivity contribution in [2.75, 3.05) is 13.2 Å². The maximum atomic E-state index is 11.5. The minimum Gasteiger partial charge on any atom is -0.466 e. The van der Waals surface area contributed by atoms with Crippen LogP contribution in [0, 0.1) is 12.3 Å². The van der Waals surface area contributed by atoms with Gasteiger partial charge in [0.1, 0.15) is 0 Å². The van der Waals surface area contributed by atoms with E-state index < -0.39 is 11.6 Å². The molecule has 1 rings (SSSR count). The molecule has 5 nitrogen and oxygen atoms in total. The Kier molecular flexibility index (Phi) is 4.93. The highest BCUT2D eigenvalue weighted by atomic mass is 16.5. The average Bonchev–Trinajstić information content (AvgIpc) is 2.30. The summed E-state index contributed by atoms with van der Waals surface area (Å²) in [6, 6.07) is 0. The van der Waals surface area contributed by atoms with Crippen molar-refractivity contribution in [3.63, 3.8) is 0 Å². The maximum Gasteiger partial charge on any atom is 0.338 e. The molecule has 0 spiro atoms. The molecule has 5 heteroatoms. The van der Waals surface area contributed by atoms with Crippen molar-refractivity contribution in [2.24, 2.45) is 5.92 Å². The van der Waals surface area contributed by atoms with Crippen LogP contribution in [0.2, 0.25) is 0 Å². The summed E-state index contributed by atoms with van der Waals surface area (Å²) < 4.78 is 9.69. The van der Waals surface area contributed by atoms with Crippen molar-refractivity contribution in [1.82, 2.24) is 0 Å². The molecule has 2 unspecified atom stereocenters. The van der Waals surface area contributed by atoms with Gasteiger partial charge in [-0.15, -0.1) is 0 Å². The molecule has 97 valence electrons. The molecule has 0 heterocycles. The van der Waals surface area contributed by atoms with Gasteiger partial charge in [0.05, 0.1) is 19.1 Å². The van der Waals surface area contributed by atoms with Gasteiger partial charge in [0.25, 0.3) is 0 Å². The molecule has 17 heavy (non-hydrogen) atoms. The second kappa shape index (κ2) is 6.00. The third kappa shape index (κ3) is 3.43. The van der Waals surface area contributed by atoms with E-state index in [9.17, 15) is 14.7 Å². The van der Waals surface area contributed by atoms with E-state index in [0.717, 1.165) is 0 Å². The van der Waals surface area contributed by atoms with Crippen molar-refractivity contribution < 1.29 is 24.2 Å². The van der Waals surface area contributed by atoms with E-state index >= 15 is 0 Å². The van der Waals surface area contributed by atoms with Crippen molar-refractivity contribution >= 4 is 11.9 Å². The van der Waals surface area contributed by atoms with Gasteiger partial charge in [-0.25, -0.2) is 4.79 Å². The Labute approximate surface area is 101 Å². The Morgan fingerprint density at radius 3 is 2.47 bits per heavy atom. The van der Waals surface area contributed by atoms with Gasteiger partial charge in [-0.2, -0.15) is 0 Å². The van der Waals surface area contributed by atoms with E-state index in [1.807, 2.05) is 0 Å². The van der Waals surface area contributed by atoms with Crippen LogP contribution in [0.3, 0.4) is 0 Å². The summed E-state index contributed by atoms with van der Waals surface area (Å²) in [5, 5.41) is 10.0. The molecule has 0 bridgehead atoms. The molecule has 1 saturated carbocycles. The van der Waals surface area contributed by atoms with Crippen LogP contribution < -0.4 is 0 Å². The summed E-state index contributed by atoms with van der Waals surface area (Å²) in [6.07, 6.45) is 2.43. The Morgan fingerprint density at radius 1 is 1.35 bits per heavy atom. The monoisotopic (exact) mass is 243 g/mol. The van der Waals surface area contributed by atoms with E-state index in [4.69, 9.17) is 9.47 Å². The summed E-state index contributed by atoms with van der Waals surface area (Å²) in [5.74, 6) is -1.17. The summed E-state index contributed by atoms with van der Waals surface area (Å²) in [4.78, 5) is 23.0. The van der Waals surface area contributed by atoms with Crippen molar-refractivity contribution in [3.8, 4) is 0 Å². The van der Waals surface area contributed by atoms with Crippen LogP contribution in [-0.4, -0.2) is 35.9 Å². The lowest BCUT2D eigenvalue weighted by molar-refractivity contribution is -0.166. The summed E-state index contributed by atoms with van der Waals surface area (Å²) in [7, 11) is 0. The van der Waals surface area contributed by atoms with Gasteiger partial charge in [-0.1, -0.05) is 0 Å². The van der Waals surface area contributed by atoms with Crippen LogP contribution in [0.25, 0.3) is 0 Å². The third-order valence-electron chi connectivity index (χ3n) is 2.86. The Balaban J connectivity index is 2.49. The Morgan fingerprint density at radius 2 is 2.00 bits per heavy atom. The second-order valence-electron chi connectivity index (χ2n) is 4.07. The molecule has 1 aliphatic rings. The smallest absolute Gasteiger partial charge is 0.338 e. The summed E-state index contributed by atoms with van der Waals surface area (Å²) >= 11 is 0. The zero-order valence-corrected chi connectivity index (χ0v) is 10.3. The summed E-state index contributed by atoms with van der Waals surface area (Å²) in [5.41, 5.74) is -1.54. The molecule has 1 N–H and O–H groups in total. The number of aliphatic hydroxyl groups is 1. The maximum absolute atomic E-state index is 11.5. The first-order valence-electron chi connectivity index (χ1n) is 5.94. The van der Waals surface area contributed by atoms with Gasteiger partial charge in [-0.3, -0.25) is 4.79 Å². The van der Waals surface area contributed by atoms with E-state index in [2.05, 4.69) is 0 Å². The first kappa shape index (κ1) is 14.0. The first-order chi connectivity index (χ1) is 8.03. The van der Waals surface area contributed by atoms with Crippen molar-refractivity contribution in [2.45, 2.75) is 38.7 Å². The van der Waals surface area contributed by atoms with Gasteiger partial charge < -0.3 is 14.6 Å². The van der Waals surface area contributed by atoms with Gasteiger partial charge >= 0.3 is 11.9 Å². The molecule has 0 saturated heterocycles. The van der Waals surface area contributed by atoms with E-state index in [1.165, 1.54) is 6.42 Å². The fourth-order valence-electron chi connectivity index (χ4n) is 1.87. The van der Waals surface area contributed by atoms with Crippen LogP contribution in [-0.2, 0) is 19.1 Å². The van der Waals surface area contributed by atoms with Gasteiger partial charge in [-0.05, 0) is 33.1 Å². The van der Waals surface area contributed by atoms with Gasteiger partial charge in [0, 0.05) is 6.42 Å². The SMILES string of the molecule is CCOC(=O)C1C[CH]C(O)(C(=O)OCC)CC1. The zero-order chi connectivity index (χ0) is 12.9. The number of ether oxygens (including phenoxy) is 2. The molecule has 2 atom stereocenters. The Bertz CT molecular complexity index is 279. The Hall–Kier alpha value is -1.10.